The lowest BCUT2D eigenvalue weighted by atomic mass is 9.94. The first-order valence-electron chi connectivity index (χ1n) is 7.88. The number of nitrogens with one attached hydrogen (secondary N) is 2. The van der Waals surface area contributed by atoms with Gasteiger partial charge in [0.05, 0.1) is 6.61 Å². The van der Waals surface area contributed by atoms with Crippen LogP contribution in [0.15, 0.2) is 0 Å². The molecule has 21 heavy (non-hydrogen) atoms. The van der Waals surface area contributed by atoms with Crippen LogP contribution in [0.3, 0.4) is 0 Å². The van der Waals surface area contributed by atoms with Crippen LogP contribution in [0.5, 0.6) is 0 Å². The van der Waals surface area contributed by atoms with Crippen molar-refractivity contribution in [3.05, 3.63) is 0 Å². The zero-order valence-corrected chi connectivity index (χ0v) is 12.9. The fourth-order valence-electron chi connectivity index (χ4n) is 2.73. The van der Waals surface area contributed by atoms with Crippen LogP contribution in [0.4, 0.5) is 0 Å². The minimum absolute atomic E-state index is 0.162. The van der Waals surface area contributed by atoms with Crippen molar-refractivity contribution in [3.8, 4) is 0 Å². The highest BCUT2D eigenvalue weighted by Gasteiger charge is 2.42. The first kappa shape index (κ1) is 16.2. The predicted octanol–water partition coefficient (Wildman–Crippen LogP) is 0.951. The summed E-state index contributed by atoms with van der Waals surface area (Å²) in [6.07, 6.45) is 5.16. The lowest BCUT2D eigenvalue weighted by molar-refractivity contribution is -0.186. The van der Waals surface area contributed by atoms with Gasteiger partial charge >= 0.3 is 11.8 Å². The molecule has 1 unspecified atom stereocenters. The number of hydrogen-bond donors (Lipinski definition) is 2. The standard InChI is InChI=1S/C15H26N2O4/c1-11(2)8-16-13(18)14(19)17-9-12-10-20-15(21-12)6-4-3-5-7-15/h11-12H,3-10H2,1-2H3,(H,16,18)(H,17,19). The van der Waals surface area contributed by atoms with Gasteiger partial charge in [-0.2, -0.15) is 0 Å². The monoisotopic (exact) mass is 298 g/mol. The first-order valence-corrected chi connectivity index (χ1v) is 7.88. The Hall–Kier alpha value is -1.14. The molecule has 1 heterocycles. The normalized spacial score (nSPS) is 24.2. The van der Waals surface area contributed by atoms with Gasteiger partial charge in [0.1, 0.15) is 6.10 Å². The summed E-state index contributed by atoms with van der Waals surface area (Å²) in [6.45, 7) is 5.25. The number of carbonyl (C=O) groups excluding carboxylic acids is 2. The molecule has 1 aliphatic heterocycles. The molecule has 2 N–H and O–H groups in total. The van der Waals surface area contributed by atoms with Crippen molar-refractivity contribution in [2.45, 2.75) is 57.8 Å². The molecule has 1 atom stereocenters. The van der Waals surface area contributed by atoms with E-state index >= 15 is 0 Å². The molecule has 120 valence electrons. The predicted molar refractivity (Wildman–Crippen MR) is 77.5 cm³/mol. The van der Waals surface area contributed by atoms with Crippen molar-refractivity contribution >= 4 is 11.8 Å². The van der Waals surface area contributed by atoms with Crippen molar-refractivity contribution in [1.29, 1.82) is 0 Å². The van der Waals surface area contributed by atoms with Gasteiger partial charge in [0.25, 0.3) is 0 Å². The minimum atomic E-state index is -0.608. The van der Waals surface area contributed by atoms with E-state index in [1.165, 1.54) is 6.42 Å². The van der Waals surface area contributed by atoms with Crippen molar-refractivity contribution in [2.75, 3.05) is 19.7 Å². The molecule has 0 radical (unpaired) electrons. The number of amides is 2. The third-order valence-corrected chi connectivity index (χ3v) is 3.90. The smallest absolute Gasteiger partial charge is 0.309 e. The average Bonchev–Trinajstić information content (AvgIpc) is 2.85. The Labute approximate surface area is 125 Å². The van der Waals surface area contributed by atoms with Gasteiger partial charge in [-0.05, 0) is 18.8 Å². The Morgan fingerprint density at radius 3 is 2.48 bits per heavy atom. The van der Waals surface area contributed by atoms with Gasteiger partial charge in [-0.15, -0.1) is 0 Å². The molecule has 0 aromatic heterocycles. The van der Waals surface area contributed by atoms with E-state index in [-0.39, 0.29) is 6.10 Å². The lowest BCUT2D eigenvalue weighted by Gasteiger charge is -2.31. The molecule has 6 heteroatoms. The van der Waals surface area contributed by atoms with Crippen LogP contribution >= 0.6 is 0 Å². The molecule has 0 aromatic rings. The molecule has 2 rings (SSSR count). The number of hydrogen-bond acceptors (Lipinski definition) is 4. The van der Waals surface area contributed by atoms with Crippen LogP contribution in [0.1, 0.15) is 46.0 Å². The lowest BCUT2D eigenvalue weighted by Crippen LogP contribution is -2.44. The van der Waals surface area contributed by atoms with Gasteiger partial charge in [0.15, 0.2) is 5.79 Å². The molecule has 1 saturated heterocycles. The maximum Gasteiger partial charge on any atom is 0.309 e. The number of rotatable bonds is 4. The summed E-state index contributed by atoms with van der Waals surface area (Å²) < 4.78 is 11.7. The Morgan fingerprint density at radius 2 is 1.81 bits per heavy atom. The third-order valence-electron chi connectivity index (χ3n) is 3.90. The molecule has 6 nitrogen and oxygen atoms in total. The van der Waals surface area contributed by atoms with Crippen molar-refractivity contribution in [2.24, 2.45) is 5.92 Å². The molecule has 2 fully saturated rings. The van der Waals surface area contributed by atoms with Crippen LogP contribution in [0.2, 0.25) is 0 Å². The van der Waals surface area contributed by atoms with Gasteiger partial charge in [-0.25, -0.2) is 0 Å². The van der Waals surface area contributed by atoms with E-state index in [2.05, 4.69) is 10.6 Å². The van der Waals surface area contributed by atoms with E-state index in [1.54, 1.807) is 0 Å². The highest BCUT2D eigenvalue weighted by atomic mass is 16.7. The van der Waals surface area contributed by atoms with Crippen molar-refractivity contribution in [3.63, 3.8) is 0 Å². The maximum atomic E-state index is 11.7. The third kappa shape index (κ3) is 4.68. The average molecular weight is 298 g/mol. The molecule has 0 aromatic carbocycles. The van der Waals surface area contributed by atoms with Crippen LogP contribution in [0.25, 0.3) is 0 Å². The number of ether oxygens (including phenoxy) is 2. The van der Waals surface area contributed by atoms with Crippen LogP contribution in [0, 0.1) is 5.92 Å². The molecule has 2 aliphatic rings. The van der Waals surface area contributed by atoms with Gasteiger partial charge in [0, 0.05) is 25.9 Å². The Balaban J connectivity index is 1.69. The van der Waals surface area contributed by atoms with Gasteiger partial charge < -0.3 is 20.1 Å². The second-order valence-electron chi connectivity index (χ2n) is 6.34. The summed E-state index contributed by atoms with van der Waals surface area (Å²) in [5.74, 6) is -1.31. The fraction of sp³-hybridized carbons (Fsp3) is 0.867. The summed E-state index contributed by atoms with van der Waals surface area (Å²) >= 11 is 0. The van der Waals surface area contributed by atoms with E-state index < -0.39 is 17.6 Å². The largest absolute Gasteiger partial charge is 0.348 e. The second kappa shape index (κ2) is 7.22. The number of carbonyl (C=O) groups is 2. The zero-order valence-electron chi connectivity index (χ0n) is 12.9. The molecule has 1 aliphatic carbocycles. The first-order chi connectivity index (χ1) is 10.0. The molecule has 2 amide bonds. The summed E-state index contributed by atoms with van der Waals surface area (Å²) in [5.41, 5.74) is 0. The summed E-state index contributed by atoms with van der Waals surface area (Å²) in [5, 5.41) is 5.21. The van der Waals surface area contributed by atoms with Gasteiger partial charge in [0.2, 0.25) is 0 Å². The van der Waals surface area contributed by atoms with E-state index in [1.807, 2.05) is 13.8 Å². The van der Waals surface area contributed by atoms with Crippen molar-refractivity contribution in [1.82, 2.24) is 10.6 Å². The molecule has 0 bridgehead atoms. The SMILES string of the molecule is CC(C)CNC(=O)C(=O)NCC1COC2(CCCCC2)O1. The summed E-state index contributed by atoms with van der Waals surface area (Å²) in [7, 11) is 0. The minimum Gasteiger partial charge on any atom is -0.348 e. The molecule has 1 spiro atoms. The van der Waals surface area contributed by atoms with Crippen LogP contribution < -0.4 is 10.6 Å². The highest BCUT2D eigenvalue weighted by Crippen LogP contribution is 2.37. The Kier molecular flexibility index (Phi) is 5.58. The Bertz CT molecular complexity index is 378. The molecular formula is C15H26N2O4. The van der Waals surface area contributed by atoms with Gasteiger partial charge in [-0.1, -0.05) is 20.3 Å². The van der Waals surface area contributed by atoms with Gasteiger partial charge in [-0.3, -0.25) is 9.59 Å². The molecular weight excluding hydrogens is 272 g/mol. The Morgan fingerprint density at radius 1 is 1.14 bits per heavy atom. The second-order valence-corrected chi connectivity index (χ2v) is 6.34. The van der Waals surface area contributed by atoms with E-state index in [9.17, 15) is 9.59 Å². The van der Waals surface area contributed by atoms with Crippen molar-refractivity contribution < 1.29 is 19.1 Å². The summed E-state index contributed by atoms with van der Waals surface area (Å²) in [4.78, 5) is 23.2. The van der Waals surface area contributed by atoms with E-state index in [4.69, 9.17) is 9.47 Å². The van der Waals surface area contributed by atoms with E-state index in [0.29, 0.717) is 25.6 Å². The maximum absolute atomic E-state index is 11.7. The highest BCUT2D eigenvalue weighted by molar-refractivity contribution is 6.35. The molecule has 1 saturated carbocycles. The van der Waals surface area contributed by atoms with Crippen LogP contribution in [-0.4, -0.2) is 43.4 Å². The fourth-order valence-corrected chi connectivity index (χ4v) is 2.73. The summed E-state index contributed by atoms with van der Waals surface area (Å²) in [6, 6.07) is 0. The van der Waals surface area contributed by atoms with E-state index in [0.717, 1.165) is 25.7 Å². The zero-order chi connectivity index (χ0) is 15.3. The quantitative estimate of drug-likeness (QED) is 0.758. The topological polar surface area (TPSA) is 76.7 Å². The van der Waals surface area contributed by atoms with Crippen LogP contribution in [-0.2, 0) is 19.1 Å².